The predicted molar refractivity (Wildman–Crippen MR) is 107 cm³/mol. The number of nitrogens with zero attached hydrogens (tertiary/aromatic N) is 4. The van der Waals surface area contributed by atoms with Crippen molar-refractivity contribution in [1.29, 1.82) is 0 Å². The third-order valence-corrected chi connectivity index (χ3v) is 6.82. The molecule has 1 fully saturated rings. The molecule has 1 aromatic carbocycles. The molecule has 0 radical (unpaired) electrons. The topological polar surface area (TPSA) is 75.5 Å². The smallest absolute Gasteiger partial charge is 0.274 e. The van der Waals surface area contributed by atoms with Gasteiger partial charge in [-0.05, 0) is 37.0 Å². The van der Waals surface area contributed by atoms with Crippen LogP contribution < -0.4 is 0 Å². The minimum absolute atomic E-state index is 0.112. The summed E-state index contributed by atoms with van der Waals surface area (Å²) in [4.78, 5) is 14.4. The van der Waals surface area contributed by atoms with Crippen molar-refractivity contribution in [2.24, 2.45) is 0 Å². The lowest BCUT2D eigenvalue weighted by Crippen LogP contribution is -2.50. The van der Waals surface area contributed by atoms with E-state index >= 15 is 0 Å². The van der Waals surface area contributed by atoms with Gasteiger partial charge in [0.15, 0.2) is 5.69 Å². The Balaban J connectivity index is 1.38. The van der Waals surface area contributed by atoms with Crippen LogP contribution in [0.1, 0.15) is 34.6 Å². The number of aromatic nitrogens is 2. The van der Waals surface area contributed by atoms with Gasteiger partial charge >= 0.3 is 0 Å². The molecule has 0 unspecified atom stereocenters. The molecule has 0 N–H and O–H groups in total. The monoisotopic (exact) mass is 400 g/mol. The molecule has 2 aliphatic rings. The predicted octanol–water partition coefficient (Wildman–Crippen LogP) is 1.98. The lowest BCUT2D eigenvalue weighted by atomic mass is 10.1. The molecule has 1 saturated heterocycles. The summed E-state index contributed by atoms with van der Waals surface area (Å²) >= 11 is 0. The van der Waals surface area contributed by atoms with Gasteiger partial charge in [0.2, 0.25) is 10.0 Å². The zero-order valence-corrected chi connectivity index (χ0v) is 16.5. The highest BCUT2D eigenvalue weighted by molar-refractivity contribution is 7.92. The maximum Gasteiger partial charge on any atom is 0.274 e. The molecule has 1 amide bonds. The van der Waals surface area contributed by atoms with Gasteiger partial charge in [0.1, 0.15) is 0 Å². The molecule has 2 aliphatic heterocycles. The quantitative estimate of drug-likeness (QED) is 0.786. The highest BCUT2D eigenvalue weighted by Crippen LogP contribution is 2.18. The molecule has 7 nitrogen and oxygen atoms in total. The Labute approximate surface area is 165 Å². The fraction of sp³-hybridized carbons (Fsp3) is 0.400. The number of hydrogen-bond acceptors (Lipinski definition) is 4. The van der Waals surface area contributed by atoms with Crippen LogP contribution in [0.2, 0.25) is 0 Å². The van der Waals surface area contributed by atoms with Crippen LogP contribution in [0.5, 0.6) is 0 Å². The average molecular weight is 401 g/mol. The minimum Gasteiger partial charge on any atom is -0.335 e. The molecule has 0 aliphatic carbocycles. The first-order valence-electron chi connectivity index (χ1n) is 9.62. The summed E-state index contributed by atoms with van der Waals surface area (Å²) < 4.78 is 28.5. The van der Waals surface area contributed by atoms with E-state index in [0.29, 0.717) is 31.9 Å². The Kier molecular flexibility index (Phi) is 5.32. The van der Waals surface area contributed by atoms with Crippen LogP contribution in [0.4, 0.5) is 0 Å². The van der Waals surface area contributed by atoms with Crippen molar-refractivity contribution >= 4 is 22.0 Å². The van der Waals surface area contributed by atoms with Gasteiger partial charge in [-0.25, -0.2) is 8.42 Å². The highest BCUT2D eigenvalue weighted by Gasteiger charge is 2.29. The number of amides is 1. The molecule has 1 aromatic heterocycles. The fourth-order valence-corrected chi connectivity index (χ4v) is 4.82. The van der Waals surface area contributed by atoms with Crippen LogP contribution in [0.25, 0.3) is 6.08 Å². The summed E-state index contributed by atoms with van der Waals surface area (Å²) in [6.45, 7) is 2.20. The molecule has 0 spiro atoms. The Bertz CT molecular complexity index is 951. The largest absolute Gasteiger partial charge is 0.335 e. The van der Waals surface area contributed by atoms with Crippen molar-refractivity contribution in [3.05, 3.63) is 58.8 Å². The molecular weight excluding hydrogens is 376 g/mol. The summed E-state index contributed by atoms with van der Waals surface area (Å²) in [7, 11) is -3.50. The maximum atomic E-state index is 12.8. The summed E-state index contributed by atoms with van der Waals surface area (Å²) in [5, 5.41) is 5.68. The Hall–Kier alpha value is -2.45. The maximum absolute atomic E-state index is 12.8. The van der Waals surface area contributed by atoms with Crippen molar-refractivity contribution in [2.75, 3.05) is 26.2 Å². The van der Waals surface area contributed by atoms with Crippen LogP contribution >= 0.6 is 0 Å². The van der Waals surface area contributed by atoms with Crippen molar-refractivity contribution in [2.45, 2.75) is 25.8 Å². The van der Waals surface area contributed by atoms with E-state index in [1.54, 1.807) is 11.0 Å². The van der Waals surface area contributed by atoms with Crippen LogP contribution in [-0.4, -0.2) is 59.5 Å². The first kappa shape index (κ1) is 18.9. The van der Waals surface area contributed by atoms with Crippen LogP contribution in [0.15, 0.2) is 41.8 Å². The fourth-order valence-electron chi connectivity index (χ4n) is 3.64. The number of aryl methyl sites for hydroxylation is 2. The Morgan fingerprint density at radius 3 is 2.46 bits per heavy atom. The summed E-state index contributed by atoms with van der Waals surface area (Å²) in [6, 6.07) is 11.2. The first-order chi connectivity index (χ1) is 13.5. The molecule has 0 bridgehead atoms. The molecule has 4 rings (SSSR count). The zero-order valence-electron chi connectivity index (χ0n) is 15.7. The average Bonchev–Trinajstić information content (AvgIpc) is 3.17. The van der Waals surface area contributed by atoms with Crippen molar-refractivity contribution < 1.29 is 13.2 Å². The summed E-state index contributed by atoms with van der Waals surface area (Å²) in [5.41, 5.74) is 2.42. The van der Waals surface area contributed by atoms with Crippen molar-refractivity contribution in [3.8, 4) is 0 Å². The van der Waals surface area contributed by atoms with Crippen LogP contribution in [-0.2, 0) is 23.0 Å². The van der Waals surface area contributed by atoms with E-state index in [-0.39, 0.29) is 5.91 Å². The van der Waals surface area contributed by atoms with Crippen molar-refractivity contribution in [1.82, 2.24) is 19.0 Å². The molecule has 2 aromatic rings. The standard InChI is InChI=1S/C20H24N4O3S/c25-20(19-16-18-8-4-5-10-24(18)21-19)22-11-13-23(14-12-22)28(26,27)15-9-17-6-2-1-3-7-17/h1-3,6-7,9,15-16H,4-5,8,10-14H2/b15-9+. The number of carbonyl (C=O) groups excluding carboxylic acids is 1. The van der Waals surface area contributed by atoms with Crippen LogP contribution in [0, 0.1) is 0 Å². The second-order valence-corrected chi connectivity index (χ2v) is 8.97. The number of carbonyl (C=O) groups is 1. The normalized spacial score (nSPS) is 18.4. The van der Waals surface area contributed by atoms with Gasteiger partial charge in [0, 0.05) is 43.8 Å². The molecular formula is C20H24N4O3S. The van der Waals surface area contributed by atoms with E-state index < -0.39 is 10.0 Å². The molecule has 0 saturated carbocycles. The van der Waals surface area contributed by atoms with Gasteiger partial charge in [-0.2, -0.15) is 9.40 Å². The highest BCUT2D eigenvalue weighted by atomic mass is 32.2. The number of piperazine rings is 1. The SMILES string of the molecule is O=C(c1cc2n(n1)CCCC2)N1CCN(S(=O)(=O)/C=C/c2ccccc2)CC1. The second kappa shape index (κ2) is 7.89. The van der Waals surface area contributed by atoms with E-state index in [9.17, 15) is 13.2 Å². The van der Waals surface area contributed by atoms with E-state index in [2.05, 4.69) is 5.10 Å². The van der Waals surface area contributed by atoms with E-state index in [0.717, 1.165) is 37.1 Å². The van der Waals surface area contributed by atoms with Gasteiger partial charge in [-0.1, -0.05) is 30.3 Å². The minimum atomic E-state index is -3.50. The molecule has 28 heavy (non-hydrogen) atoms. The zero-order chi connectivity index (χ0) is 19.6. The van der Waals surface area contributed by atoms with Gasteiger partial charge in [0.25, 0.3) is 5.91 Å². The first-order valence-corrected chi connectivity index (χ1v) is 11.1. The van der Waals surface area contributed by atoms with Crippen LogP contribution in [0.3, 0.4) is 0 Å². The third kappa shape index (κ3) is 4.02. The number of benzene rings is 1. The second-order valence-electron chi connectivity index (χ2n) is 7.15. The third-order valence-electron chi connectivity index (χ3n) is 5.25. The molecule has 0 atom stereocenters. The van der Waals surface area contributed by atoms with Gasteiger partial charge < -0.3 is 4.90 Å². The Morgan fingerprint density at radius 2 is 1.75 bits per heavy atom. The van der Waals surface area contributed by atoms with Gasteiger partial charge in [-0.3, -0.25) is 9.48 Å². The van der Waals surface area contributed by atoms with E-state index in [1.807, 2.05) is 41.1 Å². The number of hydrogen-bond donors (Lipinski definition) is 0. The number of sulfonamides is 1. The molecule has 148 valence electrons. The van der Waals surface area contributed by atoms with Crippen molar-refractivity contribution in [3.63, 3.8) is 0 Å². The molecule has 3 heterocycles. The van der Waals surface area contributed by atoms with Gasteiger partial charge in [0.05, 0.1) is 0 Å². The lowest BCUT2D eigenvalue weighted by molar-refractivity contribution is 0.0691. The molecule has 8 heteroatoms. The van der Waals surface area contributed by atoms with E-state index in [4.69, 9.17) is 0 Å². The number of rotatable bonds is 4. The Morgan fingerprint density at radius 1 is 1.00 bits per heavy atom. The van der Waals surface area contributed by atoms with E-state index in [1.165, 1.54) is 9.71 Å². The van der Waals surface area contributed by atoms with Gasteiger partial charge in [-0.15, -0.1) is 0 Å². The summed E-state index contributed by atoms with van der Waals surface area (Å²) in [5.74, 6) is -0.112. The lowest BCUT2D eigenvalue weighted by Gasteiger charge is -2.32. The summed E-state index contributed by atoms with van der Waals surface area (Å²) in [6.07, 6.45) is 4.78. The number of fused-ring (bicyclic) bond motifs is 1.